The van der Waals surface area contributed by atoms with Gasteiger partial charge in [-0.2, -0.15) is 0 Å². The lowest BCUT2D eigenvalue weighted by Crippen LogP contribution is -2.57. The van der Waals surface area contributed by atoms with Crippen LogP contribution >= 0.6 is 0 Å². The Morgan fingerprint density at radius 2 is 2.00 bits per heavy atom. The number of carbonyl (C=O) groups is 2. The Balaban J connectivity index is 1.97. The molecule has 2 aliphatic rings. The molecule has 1 aliphatic heterocycles. The summed E-state index contributed by atoms with van der Waals surface area (Å²) in [7, 11) is 0. The maximum absolute atomic E-state index is 13.7. The smallest absolute Gasteiger partial charge is 0.257 e. The number of hydrogen-bond acceptors (Lipinski definition) is 3. The van der Waals surface area contributed by atoms with Gasteiger partial charge in [0.1, 0.15) is 23.4 Å². The van der Waals surface area contributed by atoms with Crippen molar-refractivity contribution in [2.24, 2.45) is 5.92 Å². The SMILES string of the molecule is CC[C@@H](C)NC(=O)[C@H]1CO[C@]2(CCC[C@H](C)C2)N1C(=O)c1cc(F)cc(F)c1. The standard InChI is InChI=1S/C21H28F2N2O3/c1-4-14(3)24-19(26)18-12-28-21(7-5-6-13(2)11-21)25(18)20(27)15-8-16(22)10-17(23)9-15/h8-10,13-14,18H,4-7,11-12H2,1-3H3,(H,24,26)/t13-,14+,18+,21-/m0/s1. The van der Waals surface area contributed by atoms with E-state index in [9.17, 15) is 18.4 Å². The zero-order valence-corrected chi connectivity index (χ0v) is 16.6. The van der Waals surface area contributed by atoms with Crippen LogP contribution in [0.2, 0.25) is 0 Å². The van der Waals surface area contributed by atoms with E-state index in [-0.39, 0.29) is 24.1 Å². The summed E-state index contributed by atoms with van der Waals surface area (Å²) in [6.45, 7) is 6.01. The van der Waals surface area contributed by atoms with Gasteiger partial charge in [-0.15, -0.1) is 0 Å². The van der Waals surface area contributed by atoms with Crippen LogP contribution in [0.25, 0.3) is 0 Å². The van der Waals surface area contributed by atoms with Crippen LogP contribution in [-0.2, 0) is 9.53 Å². The van der Waals surface area contributed by atoms with E-state index >= 15 is 0 Å². The summed E-state index contributed by atoms with van der Waals surface area (Å²) in [6, 6.07) is 1.87. The van der Waals surface area contributed by atoms with Crippen molar-refractivity contribution in [1.29, 1.82) is 0 Å². The molecule has 0 unspecified atom stereocenters. The van der Waals surface area contributed by atoms with Crippen molar-refractivity contribution in [3.63, 3.8) is 0 Å². The van der Waals surface area contributed by atoms with Gasteiger partial charge in [0.25, 0.3) is 5.91 Å². The van der Waals surface area contributed by atoms with Crippen LogP contribution in [0, 0.1) is 17.6 Å². The number of halogens is 2. The molecule has 1 aromatic carbocycles. The molecule has 28 heavy (non-hydrogen) atoms. The first-order chi connectivity index (χ1) is 13.3. The normalized spacial score (nSPS) is 28.4. The van der Waals surface area contributed by atoms with Gasteiger partial charge >= 0.3 is 0 Å². The van der Waals surface area contributed by atoms with Gasteiger partial charge in [0.2, 0.25) is 5.91 Å². The van der Waals surface area contributed by atoms with Gasteiger partial charge in [0, 0.05) is 17.7 Å². The Labute approximate surface area is 164 Å². The zero-order valence-electron chi connectivity index (χ0n) is 16.6. The monoisotopic (exact) mass is 394 g/mol. The number of benzene rings is 1. The maximum Gasteiger partial charge on any atom is 0.257 e. The van der Waals surface area contributed by atoms with E-state index < -0.39 is 29.3 Å². The molecule has 1 aromatic rings. The summed E-state index contributed by atoms with van der Waals surface area (Å²) in [5.41, 5.74) is -1.02. The molecule has 1 saturated heterocycles. The molecule has 1 spiro atoms. The van der Waals surface area contributed by atoms with Crippen LogP contribution in [0.4, 0.5) is 8.78 Å². The third-order valence-electron chi connectivity index (χ3n) is 5.82. The van der Waals surface area contributed by atoms with Gasteiger partial charge in [-0.3, -0.25) is 14.5 Å². The first-order valence-corrected chi connectivity index (χ1v) is 10.00. The summed E-state index contributed by atoms with van der Waals surface area (Å²) in [6.07, 6.45) is 3.84. The average Bonchev–Trinajstić information content (AvgIpc) is 2.98. The molecule has 0 radical (unpaired) electrons. The molecular formula is C21H28F2N2O3. The lowest BCUT2D eigenvalue weighted by atomic mass is 9.83. The van der Waals surface area contributed by atoms with Crippen molar-refractivity contribution in [3.8, 4) is 0 Å². The molecule has 1 saturated carbocycles. The zero-order chi connectivity index (χ0) is 20.5. The van der Waals surface area contributed by atoms with Crippen molar-refractivity contribution in [1.82, 2.24) is 10.2 Å². The third-order valence-corrected chi connectivity index (χ3v) is 5.82. The van der Waals surface area contributed by atoms with Gasteiger partial charge in [-0.05, 0) is 50.7 Å². The molecule has 1 N–H and O–H groups in total. The molecule has 4 atom stereocenters. The van der Waals surface area contributed by atoms with Crippen molar-refractivity contribution in [2.75, 3.05) is 6.61 Å². The Bertz CT molecular complexity index is 737. The van der Waals surface area contributed by atoms with E-state index in [4.69, 9.17) is 4.74 Å². The maximum atomic E-state index is 13.7. The van der Waals surface area contributed by atoms with Crippen LogP contribution in [0.15, 0.2) is 18.2 Å². The number of rotatable bonds is 4. The minimum atomic E-state index is -0.908. The van der Waals surface area contributed by atoms with E-state index in [0.717, 1.165) is 37.5 Å². The largest absolute Gasteiger partial charge is 0.353 e. The molecule has 0 bridgehead atoms. The number of ether oxygens (including phenoxy) is 1. The van der Waals surface area contributed by atoms with Crippen LogP contribution in [0.3, 0.4) is 0 Å². The summed E-state index contributed by atoms with van der Waals surface area (Å²) in [5, 5.41) is 2.90. The second-order valence-electron chi connectivity index (χ2n) is 8.13. The predicted octanol–water partition coefficient (Wildman–Crippen LogP) is 3.63. The number of amides is 2. The molecule has 3 rings (SSSR count). The summed E-state index contributed by atoms with van der Waals surface area (Å²) in [4.78, 5) is 27.6. The number of hydrogen-bond donors (Lipinski definition) is 1. The minimum Gasteiger partial charge on any atom is -0.353 e. The third kappa shape index (κ3) is 4.04. The Morgan fingerprint density at radius 1 is 1.32 bits per heavy atom. The first-order valence-electron chi connectivity index (χ1n) is 10.00. The molecule has 7 heteroatoms. The van der Waals surface area contributed by atoms with Gasteiger partial charge in [0.15, 0.2) is 0 Å². The number of carbonyl (C=O) groups excluding carboxylic acids is 2. The Hall–Kier alpha value is -2.02. The quantitative estimate of drug-likeness (QED) is 0.849. The van der Waals surface area contributed by atoms with Crippen molar-refractivity contribution in [2.45, 2.75) is 70.7 Å². The highest BCUT2D eigenvalue weighted by Gasteiger charge is 2.54. The second-order valence-corrected chi connectivity index (χ2v) is 8.13. The lowest BCUT2D eigenvalue weighted by Gasteiger charge is -2.43. The fourth-order valence-electron chi connectivity index (χ4n) is 4.26. The minimum absolute atomic E-state index is 0.0436. The van der Waals surface area contributed by atoms with E-state index in [1.807, 2.05) is 13.8 Å². The topological polar surface area (TPSA) is 58.6 Å². The molecule has 1 heterocycles. The van der Waals surface area contributed by atoms with Crippen LogP contribution in [0.1, 0.15) is 63.2 Å². The molecule has 2 fully saturated rings. The van der Waals surface area contributed by atoms with Gasteiger partial charge in [0.05, 0.1) is 6.61 Å². The van der Waals surface area contributed by atoms with E-state index in [0.29, 0.717) is 18.8 Å². The Morgan fingerprint density at radius 3 is 2.61 bits per heavy atom. The molecular weight excluding hydrogens is 366 g/mol. The van der Waals surface area contributed by atoms with E-state index in [2.05, 4.69) is 12.2 Å². The van der Waals surface area contributed by atoms with Gasteiger partial charge in [-0.1, -0.05) is 20.3 Å². The Kier molecular flexibility index (Phi) is 6.03. The van der Waals surface area contributed by atoms with Crippen molar-refractivity contribution >= 4 is 11.8 Å². The number of nitrogens with one attached hydrogen (secondary N) is 1. The molecule has 1 aliphatic carbocycles. The van der Waals surface area contributed by atoms with Gasteiger partial charge in [-0.25, -0.2) is 8.78 Å². The fraction of sp³-hybridized carbons (Fsp3) is 0.619. The van der Waals surface area contributed by atoms with Gasteiger partial charge < -0.3 is 10.1 Å². The predicted molar refractivity (Wildman–Crippen MR) is 101 cm³/mol. The van der Waals surface area contributed by atoms with Crippen LogP contribution < -0.4 is 5.32 Å². The van der Waals surface area contributed by atoms with E-state index in [1.54, 1.807) is 0 Å². The highest BCUT2D eigenvalue weighted by Crippen LogP contribution is 2.43. The number of nitrogens with zero attached hydrogens (tertiary/aromatic N) is 1. The molecule has 5 nitrogen and oxygen atoms in total. The molecule has 154 valence electrons. The fourth-order valence-corrected chi connectivity index (χ4v) is 4.26. The van der Waals surface area contributed by atoms with Crippen LogP contribution in [0.5, 0.6) is 0 Å². The lowest BCUT2D eigenvalue weighted by molar-refractivity contribution is -0.129. The highest BCUT2D eigenvalue weighted by molar-refractivity contribution is 5.98. The second kappa shape index (κ2) is 8.15. The molecule has 0 aromatic heterocycles. The summed E-state index contributed by atoms with van der Waals surface area (Å²) < 4.78 is 33.5. The first kappa shape index (κ1) is 20.7. The summed E-state index contributed by atoms with van der Waals surface area (Å²) in [5.74, 6) is -2.20. The van der Waals surface area contributed by atoms with Crippen LogP contribution in [-0.4, -0.2) is 41.1 Å². The average molecular weight is 394 g/mol. The van der Waals surface area contributed by atoms with E-state index in [1.165, 1.54) is 4.90 Å². The molecule has 2 amide bonds. The highest BCUT2D eigenvalue weighted by atomic mass is 19.1. The van der Waals surface area contributed by atoms with Crippen molar-refractivity contribution in [3.05, 3.63) is 35.4 Å². The summed E-state index contributed by atoms with van der Waals surface area (Å²) >= 11 is 0. The van der Waals surface area contributed by atoms with Crippen molar-refractivity contribution < 1.29 is 23.1 Å².